The van der Waals surface area contributed by atoms with Crippen molar-refractivity contribution in [3.05, 3.63) is 239 Å². The maximum Gasteiger partial charge on any atom is 0.243 e. The van der Waals surface area contributed by atoms with E-state index in [4.69, 9.17) is 82.4 Å². The molecule has 5 saturated heterocycles. The number of nitrogens with one attached hydrogen (secondary N) is 5. The normalized spacial score (nSPS) is 17.2. The molecule has 0 saturated carbocycles. The Hall–Kier alpha value is -9.53. The molecule has 7 aromatic carbocycles. The van der Waals surface area contributed by atoms with Gasteiger partial charge < -0.3 is 51.0 Å². The lowest BCUT2D eigenvalue weighted by Gasteiger charge is -2.19. The van der Waals surface area contributed by atoms with Gasteiger partial charge in [-0.15, -0.1) is 0 Å². The Morgan fingerprint density at radius 2 is 0.510 bits per heavy atom. The Labute approximate surface area is 877 Å². The first kappa shape index (κ1) is 119. The average Bonchev–Trinajstić information content (AvgIpc) is 1.77. The summed E-state index contributed by atoms with van der Waals surface area (Å²) in [6.07, 6.45) is 18.4. The van der Waals surface area contributed by atoms with Gasteiger partial charge in [-0.3, -0.25) is 48.9 Å². The molecular formula is C95H114Cl5N15O20S8. The van der Waals surface area contributed by atoms with Crippen molar-refractivity contribution in [2.75, 3.05) is 106 Å². The molecule has 0 unspecified atom stereocenters. The van der Waals surface area contributed by atoms with E-state index >= 15 is 0 Å². The van der Waals surface area contributed by atoms with Crippen molar-refractivity contribution in [3.8, 4) is 11.5 Å². The zero-order valence-electron chi connectivity index (χ0n) is 75.9. The molecule has 0 spiro atoms. The number of para-hydroxylation sites is 2. The van der Waals surface area contributed by atoms with Crippen LogP contribution >= 0.6 is 98.5 Å². The van der Waals surface area contributed by atoms with Crippen LogP contribution in [0.1, 0.15) is 79.1 Å². The first-order valence-corrected chi connectivity index (χ1v) is 52.9. The summed E-state index contributed by atoms with van der Waals surface area (Å²) in [4.78, 5) is 80.3. The number of rotatable bonds is 30. The van der Waals surface area contributed by atoms with E-state index < -0.39 is 50.1 Å². The molecule has 5 aliphatic rings. The van der Waals surface area contributed by atoms with Crippen LogP contribution in [0.2, 0.25) is 25.1 Å². The van der Waals surface area contributed by atoms with Gasteiger partial charge in [0.15, 0.2) is 0 Å². The van der Waals surface area contributed by atoms with Crippen LogP contribution in [0, 0.1) is 0 Å². The van der Waals surface area contributed by atoms with Gasteiger partial charge >= 0.3 is 0 Å². The highest BCUT2D eigenvalue weighted by molar-refractivity contribution is 7.90. The number of hydrogen-bond donors (Lipinski definition) is 7. The maximum absolute atomic E-state index is 13.3. The second kappa shape index (κ2) is 54.8. The van der Waals surface area contributed by atoms with Crippen molar-refractivity contribution < 1.29 is 90.5 Å². The highest BCUT2D eigenvalue weighted by Gasteiger charge is 2.41. The van der Waals surface area contributed by atoms with Crippen LogP contribution in [0.25, 0.3) is 53.9 Å². The Balaban J connectivity index is 0.000000217. The number of pyridine rings is 5. The van der Waals surface area contributed by atoms with Crippen molar-refractivity contribution in [2.24, 2.45) is 0 Å². The fraction of sp³-hybridized carbons (Fsp3) is 0.347. The minimum atomic E-state index is -3.76. The van der Waals surface area contributed by atoms with Crippen molar-refractivity contribution in [3.63, 3.8) is 0 Å². The number of methoxy groups -OCH3 is 1. The molecule has 12 aromatic rings. The number of aliphatic hydroxyl groups excluding tert-OH is 2. The minimum absolute atomic E-state index is 0. The van der Waals surface area contributed by atoms with Gasteiger partial charge in [-0.25, -0.2) is 42.1 Å². The fourth-order valence-electron chi connectivity index (χ4n) is 16.3. The van der Waals surface area contributed by atoms with E-state index in [-0.39, 0.29) is 241 Å². The van der Waals surface area contributed by atoms with Crippen molar-refractivity contribution >= 4 is 232 Å². The largest absolute Gasteiger partial charge is 0.493 e. The van der Waals surface area contributed by atoms with Crippen LogP contribution in [0.15, 0.2) is 238 Å². The fourth-order valence-corrected chi connectivity index (χ4v) is 26.6. The van der Waals surface area contributed by atoms with E-state index in [0.29, 0.717) is 152 Å². The predicted octanol–water partition coefficient (Wildman–Crippen LogP) is 12.2. The summed E-state index contributed by atoms with van der Waals surface area (Å²) in [6.45, 7) is 3.06. The quantitative estimate of drug-likeness (QED) is 0.0220. The number of amides is 5. The van der Waals surface area contributed by atoms with Crippen LogP contribution in [0.5, 0.6) is 11.5 Å². The number of nitrogens with zero attached hydrogens (tertiary/aromatic N) is 10. The number of halogens is 5. The van der Waals surface area contributed by atoms with Gasteiger partial charge in [-0.05, 0) is 86.7 Å². The summed E-state index contributed by atoms with van der Waals surface area (Å²) >= 11 is 31.1. The third-order valence-electron chi connectivity index (χ3n) is 23.1. The molecule has 0 radical (unpaired) electrons. The van der Waals surface area contributed by atoms with Gasteiger partial charge in [0.05, 0.1) is 95.5 Å². The molecule has 0 aliphatic carbocycles. The molecule has 5 amide bonds. The molecule has 0 bridgehead atoms. The molecule has 48 heteroatoms. The van der Waals surface area contributed by atoms with Gasteiger partial charge in [0.25, 0.3) is 0 Å². The highest BCUT2D eigenvalue weighted by atomic mass is 35.5. The van der Waals surface area contributed by atoms with Crippen LogP contribution < -0.4 is 36.1 Å². The lowest BCUT2D eigenvalue weighted by atomic mass is 10.2. The van der Waals surface area contributed by atoms with Crippen LogP contribution in [-0.4, -0.2) is 264 Å². The Morgan fingerprint density at radius 1 is 0.308 bits per heavy atom. The number of aliphatic hydroxyl groups is 2. The van der Waals surface area contributed by atoms with Crippen LogP contribution in [0.3, 0.4) is 0 Å². The summed E-state index contributed by atoms with van der Waals surface area (Å²) < 4.78 is 154. The molecular weight excluding hydrogens is 2100 g/mol. The zero-order chi connectivity index (χ0) is 98.5. The van der Waals surface area contributed by atoms with Crippen LogP contribution in [0.4, 0.5) is 0 Å². The summed E-state index contributed by atoms with van der Waals surface area (Å²) in [6, 6.07) is 42.2. The zero-order valence-corrected chi connectivity index (χ0v) is 86.8. The lowest BCUT2D eigenvalue weighted by Crippen LogP contribution is -2.39. The average molecular weight is 2220 g/mol. The standard InChI is InChI=1S/2C22H22ClN3O4S.C17H20ClN3O4S.2C16H18ClN3O4S.2CH4.3H2S/c2*23-19-14-24-13-16-5-4-8-20(22(16)19)31(28,29)26-11-9-17(15-26)25-21(27)10-12-30-18-6-2-1-3-7-18;1-25-8-6-16(22)20-13-5-7-21(11-13)26(23,24)15-4-2-3-12-9-19-10-14(18)17(12)15;2*17-13-9-18-8-11-2-1-3-14(16(11)13)25(23,24)20-6-4-12(10-20)19-15(22)5-7-21;;;;;/h2*1-8,13-14,17H,9-12,15H2,(H,25,27);2-4,9-10,13H,5-8,11H2,1H3,(H,20,22);2*1-3,8-9,12,21H,4-7,10H2,(H,19,22);2*1H4;3*1H2/t2*17-;13-;2*12-;;;;;/m10010...../s1. The number of aromatic nitrogens is 5. The van der Waals surface area contributed by atoms with Gasteiger partial charge in [0.1, 0.15) is 11.5 Å². The summed E-state index contributed by atoms with van der Waals surface area (Å²) in [7, 11) is -17.2. The summed E-state index contributed by atoms with van der Waals surface area (Å²) in [5, 5.41) is 38.8. The van der Waals surface area contributed by atoms with Crippen molar-refractivity contribution in [1.29, 1.82) is 0 Å². The third-order valence-corrected chi connectivity index (χ3v) is 34.0. The molecule has 5 aliphatic heterocycles. The van der Waals surface area contributed by atoms with Crippen molar-refractivity contribution in [1.82, 2.24) is 73.0 Å². The summed E-state index contributed by atoms with van der Waals surface area (Å²) in [5.74, 6) is 0.362. The molecule has 143 heavy (non-hydrogen) atoms. The van der Waals surface area contributed by atoms with Gasteiger partial charge in [-0.2, -0.15) is 62.0 Å². The first-order chi connectivity index (χ1) is 66.2. The van der Waals surface area contributed by atoms with Crippen LogP contribution in [-0.2, 0) is 78.8 Å². The maximum atomic E-state index is 13.3. The molecule has 7 N–H and O–H groups in total. The highest BCUT2D eigenvalue weighted by Crippen LogP contribution is 2.39. The number of hydrogen-bond acceptors (Lipinski definition) is 25. The van der Waals surface area contributed by atoms with Gasteiger partial charge in [0, 0.05) is 238 Å². The number of carbonyl (C=O) groups excluding carboxylic acids is 5. The minimum Gasteiger partial charge on any atom is -0.493 e. The number of ether oxygens (including phenoxy) is 3. The van der Waals surface area contributed by atoms with E-state index in [2.05, 4.69) is 51.5 Å². The van der Waals surface area contributed by atoms with Gasteiger partial charge in [-0.1, -0.05) is 170 Å². The second-order valence-electron chi connectivity index (χ2n) is 32.5. The molecule has 772 valence electrons. The second-order valence-corrected chi connectivity index (χ2v) is 44.0. The Bertz CT molecular complexity index is 6670. The molecule has 5 aromatic heterocycles. The van der Waals surface area contributed by atoms with E-state index in [1.54, 1.807) is 110 Å². The third kappa shape index (κ3) is 30.2. The monoisotopic (exact) mass is 2220 g/mol. The lowest BCUT2D eigenvalue weighted by molar-refractivity contribution is -0.123. The summed E-state index contributed by atoms with van der Waals surface area (Å²) in [5.41, 5.74) is 0. The van der Waals surface area contributed by atoms with Crippen molar-refractivity contribution in [2.45, 2.75) is 134 Å². The van der Waals surface area contributed by atoms with E-state index in [0.717, 1.165) is 0 Å². The predicted molar refractivity (Wildman–Crippen MR) is 568 cm³/mol. The van der Waals surface area contributed by atoms with E-state index in [1.807, 2.05) is 60.7 Å². The molecule has 10 heterocycles. The smallest absolute Gasteiger partial charge is 0.243 e. The molecule has 17 rings (SSSR count). The molecule has 5 fully saturated rings. The Kier molecular flexibility index (Phi) is 45.5. The first-order valence-electron chi connectivity index (χ1n) is 43.8. The van der Waals surface area contributed by atoms with Gasteiger partial charge in [0.2, 0.25) is 79.7 Å². The SMILES string of the molecule is C.C.COCCC(=O)N[C@H]1CCN(S(=O)(=O)c2cccc3cncc(Cl)c23)C1.O=C(CCO)N[C@@H]1CCN(S(=O)(=O)c2cccc3cncc(Cl)c23)C1.O=C(CCO)N[C@H]1CCN(S(=O)(=O)c2cccc3cncc(Cl)c23)C1.O=C(CCOc1ccccc1)N[C@@H]1CCN(S(=O)(=O)c2cccc3cncc(Cl)c23)C1.O=C(CCOc1ccccc1)N[C@H]1CCN(S(=O)(=O)c2cccc3cncc(Cl)c23)C1.S.S.S. The number of sulfonamides is 5. The number of benzene rings is 7. The number of fused-ring (bicyclic) bond motifs is 5. The van der Waals surface area contributed by atoms with E-state index in [1.165, 1.54) is 71.8 Å². The number of carbonyl (C=O) groups is 5. The molecule has 35 nitrogen and oxygen atoms in total. The molecule has 5 atom stereocenters. The van der Waals surface area contributed by atoms with E-state index in [9.17, 15) is 66.1 Å². The Morgan fingerprint density at radius 3 is 0.713 bits per heavy atom. The topological polar surface area (TPSA) is 465 Å².